The van der Waals surface area contributed by atoms with Crippen molar-refractivity contribution in [3.8, 4) is 0 Å². The van der Waals surface area contributed by atoms with Crippen LogP contribution < -0.4 is 0 Å². The normalized spacial score (nSPS) is 17.4. The number of carbonyl (C=O) groups is 1. The van der Waals surface area contributed by atoms with E-state index in [1.54, 1.807) is 6.26 Å². The summed E-state index contributed by atoms with van der Waals surface area (Å²) >= 11 is 0. The van der Waals surface area contributed by atoms with Gasteiger partial charge in [-0.2, -0.15) is 0 Å². The molecule has 0 radical (unpaired) electrons. The number of rotatable bonds is 2. The number of nitrogens with zero attached hydrogens (tertiary/aromatic N) is 2. The molecule has 5 heteroatoms. The third-order valence-electron chi connectivity index (χ3n) is 5.20. The number of furan rings is 1. The Hall–Kier alpha value is -3.08. The van der Waals surface area contributed by atoms with Crippen LogP contribution in [0.5, 0.6) is 0 Å². The highest BCUT2D eigenvalue weighted by molar-refractivity contribution is 6.06. The Labute approximate surface area is 150 Å². The summed E-state index contributed by atoms with van der Waals surface area (Å²) in [7, 11) is 0. The molecule has 0 spiro atoms. The first-order valence-corrected chi connectivity index (χ1v) is 8.94. The van der Waals surface area contributed by atoms with E-state index in [1.165, 1.54) is 5.56 Å². The van der Waals surface area contributed by atoms with Crippen LogP contribution >= 0.6 is 0 Å². The SMILES string of the molecule is Cc1ccc2nc(C3CCCN3C(=O)c3coc4ccccc34)[nH]c2c1. The van der Waals surface area contributed by atoms with Gasteiger partial charge in [0.2, 0.25) is 0 Å². The fraction of sp³-hybridized carbons (Fsp3) is 0.238. The van der Waals surface area contributed by atoms with Crippen LogP contribution in [0.2, 0.25) is 0 Å². The number of benzene rings is 2. The van der Waals surface area contributed by atoms with Gasteiger partial charge in [0, 0.05) is 11.9 Å². The number of aromatic amines is 1. The maximum Gasteiger partial charge on any atom is 0.258 e. The molecule has 5 rings (SSSR count). The van der Waals surface area contributed by atoms with E-state index in [1.807, 2.05) is 35.2 Å². The van der Waals surface area contributed by atoms with Crippen molar-refractivity contribution in [2.75, 3.05) is 6.54 Å². The molecule has 1 unspecified atom stereocenters. The quantitative estimate of drug-likeness (QED) is 0.578. The zero-order valence-electron chi connectivity index (χ0n) is 14.5. The molecule has 4 aromatic rings. The van der Waals surface area contributed by atoms with Gasteiger partial charge in [0.15, 0.2) is 0 Å². The Balaban J connectivity index is 1.52. The number of likely N-dealkylation sites (tertiary alicyclic amines) is 1. The number of para-hydroxylation sites is 1. The molecule has 26 heavy (non-hydrogen) atoms. The van der Waals surface area contributed by atoms with Crippen LogP contribution in [0.4, 0.5) is 0 Å². The second-order valence-electron chi connectivity index (χ2n) is 6.94. The number of hydrogen-bond acceptors (Lipinski definition) is 3. The molecule has 5 nitrogen and oxygen atoms in total. The van der Waals surface area contributed by atoms with Crippen LogP contribution in [-0.2, 0) is 0 Å². The standard InChI is InChI=1S/C21H19N3O2/c1-13-8-9-16-17(11-13)23-20(22-16)18-6-4-10-24(18)21(25)15-12-26-19-7-3-2-5-14(15)19/h2-3,5,7-9,11-12,18H,4,6,10H2,1H3,(H,22,23). The van der Waals surface area contributed by atoms with E-state index in [-0.39, 0.29) is 11.9 Å². The van der Waals surface area contributed by atoms with Gasteiger partial charge in [0.1, 0.15) is 17.7 Å². The van der Waals surface area contributed by atoms with Crippen LogP contribution in [0.25, 0.3) is 22.0 Å². The fourth-order valence-electron chi connectivity index (χ4n) is 3.89. The van der Waals surface area contributed by atoms with E-state index in [0.717, 1.165) is 47.2 Å². The first-order chi connectivity index (χ1) is 12.7. The van der Waals surface area contributed by atoms with E-state index < -0.39 is 0 Å². The highest BCUT2D eigenvalue weighted by Gasteiger charge is 2.33. The molecule has 3 heterocycles. The Morgan fingerprint density at radius 3 is 3.08 bits per heavy atom. The molecule has 0 saturated carbocycles. The maximum absolute atomic E-state index is 13.2. The van der Waals surface area contributed by atoms with Crippen molar-refractivity contribution in [2.24, 2.45) is 0 Å². The van der Waals surface area contributed by atoms with Gasteiger partial charge in [0.25, 0.3) is 5.91 Å². The average molecular weight is 345 g/mol. The summed E-state index contributed by atoms with van der Waals surface area (Å²) in [5.74, 6) is 0.873. The smallest absolute Gasteiger partial charge is 0.258 e. The summed E-state index contributed by atoms with van der Waals surface area (Å²) in [6.07, 6.45) is 3.47. The van der Waals surface area contributed by atoms with E-state index in [9.17, 15) is 4.79 Å². The monoisotopic (exact) mass is 345 g/mol. The summed E-state index contributed by atoms with van der Waals surface area (Å²) < 4.78 is 5.56. The summed E-state index contributed by atoms with van der Waals surface area (Å²) in [5.41, 5.74) is 4.52. The van der Waals surface area contributed by atoms with Crippen molar-refractivity contribution in [3.05, 3.63) is 65.7 Å². The molecule has 2 aromatic carbocycles. The van der Waals surface area contributed by atoms with Gasteiger partial charge < -0.3 is 14.3 Å². The molecule has 1 aliphatic rings. The summed E-state index contributed by atoms with van der Waals surface area (Å²) in [5, 5.41) is 0.864. The fourth-order valence-corrected chi connectivity index (χ4v) is 3.89. The maximum atomic E-state index is 13.2. The molecule has 2 aromatic heterocycles. The molecule has 1 amide bonds. The minimum absolute atomic E-state index is 0.00841. The van der Waals surface area contributed by atoms with Gasteiger partial charge in [-0.15, -0.1) is 0 Å². The van der Waals surface area contributed by atoms with Crippen molar-refractivity contribution < 1.29 is 9.21 Å². The summed E-state index contributed by atoms with van der Waals surface area (Å²) in [6, 6.07) is 13.8. The Bertz CT molecular complexity index is 1120. The first-order valence-electron chi connectivity index (χ1n) is 8.94. The third-order valence-corrected chi connectivity index (χ3v) is 5.20. The molecule has 0 bridgehead atoms. The summed E-state index contributed by atoms with van der Waals surface area (Å²) in [4.78, 5) is 23.3. The van der Waals surface area contributed by atoms with Gasteiger partial charge in [-0.1, -0.05) is 24.3 Å². The second kappa shape index (κ2) is 5.73. The molecule has 1 saturated heterocycles. The van der Waals surface area contributed by atoms with E-state index in [2.05, 4.69) is 24.0 Å². The molecular weight excluding hydrogens is 326 g/mol. The molecule has 1 atom stereocenters. The number of nitrogens with one attached hydrogen (secondary N) is 1. The van der Waals surface area contributed by atoms with Gasteiger partial charge in [-0.05, 0) is 43.5 Å². The van der Waals surface area contributed by atoms with E-state index in [0.29, 0.717) is 5.56 Å². The average Bonchev–Trinajstić information content (AvgIpc) is 3.37. The Morgan fingerprint density at radius 1 is 1.27 bits per heavy atom. The number of carbonyl (C=O) groups excluding carboxylic acids is 1. The summed E-state index contributed by atoms with van der Waals surface area (Å²) in [6.45, 7) is 2.80. The molecule has 130 valence electrons. The van der Waals surface area contributed by atoms with Gasteiger partial charge >= 0.3 is 0 Å². The Morgan fingerprint density at radius 2 is 2.15 bits per heavy atom. The number of hydrogen-bond donors (Lipinski definition) is 1. The number of fused-ring (bicyclic) bond motifs is 2. The van der Waals surface area contributed by atoms with E-state index in [4.69, 9.17) is 9.40 Å². The minimum atomic E-state index is -0.0242. The second-order valence-corrected chi connectivity index (χ2v) is 6.94. The number of H-pyrrole nitrogens is 1. The zero-order valence-corrected chi connectivity index (χ0v) is 14.5. The predicted octanol–water partition coefficient (Wildman–Crippen LogP) is 4.59. The lowest BCUT2D eigenvalue weighted by Crippen LogP contribution is -2.30. The highest BCUT2D eigenvalue weighted by atomic mass is 16.3. The first kappa shape index (κ1) is 15.2. The van der Waals surface area contributed by atoms with Crippen LogP contribution in [0.15, 0.2) is 53.1 Å². The lowest BCUT2D eigenvalue weighted by atomic mass is 10.1. The van der Waals surface area contributed by atoms with Crippen molar-refractivity contribution in [3.63, 3.8) is 0 Å². The van der Waals surface area contributed by atoms with Crippen LogP contribution in [0.3, 0.4) is 0 Å². The molecule has 1 N–H and O–H groups in total. The van der Waals surface area contributed by atoms with Crippen LogP contribution in [0, 0.1) is 6.92 Å². The van der Waals surface area contributed by atoms with Crippen molar-refractivity contribution in [2.45, 2.75) is 25.8 Å². The zero-order chi connectivity index (χ0) is 17.7. The van der Waals surface area contributed by atoms with Crippen molar-refractivity contribution >= 4 is 27.9 Å². The largest absolute Gasteiger partial charge is 0.463 e. The van der Waals surface area contributed by atoms with Crippen molar-refractivity contribution in [1.82, 2.24) is 14.9 Å². The van der Waals surface area contributed by atoms with Gasteiger partial charge in [0.05, 0.1) is 22.6 Å². The lowest BCUT2D eigenvalue weighted by molar-refractivity contribution is 0.0731. The number of imidazole rings is 1. The van der Waals surface area contributed by atoms with Gasteiger partial charge in [-0.3, -0.25) is 4.79 Å². The third kappa shape index (κ3) is 2.31. The highest BCUT2D eigenvalue weighted by Crippen LogP contribution is 2.34. The molecule has 1 fully saturated rings. The van der Waals surface area contributed by atoms with Crippen LogP contribution in [0.1, 0.15) is 40.6 Å². The lowest BCUT2D eigenvalue weighted by Gasteiger charge is -2.22. The molecular formula is C21H19N3O2. The van der Waals surface area contributed by atoms with Crippen molar-refractivity contribution in [1.29, 1.82) is 0 Å². The number of amides is 1. The predicted molar refractivity (Wildman–Crippen MR) is 100 cm³/mol. The van der Waals surface area contributed by atoms with E-state index >= 15 is 0 Å². The Kier molecular flexibility index (Phi) is 3.35. The number of aromatic nitrogens is 2. The molecule has 0 aliphatic carbocycles. The minimum Gasteiger partial charge on any atom is -0.463 e. The topological polar surface area (TPSA) is 62.1 Å². The van der Waals surface area contributed by atoms with Crippen LogP contribution in [-0.4, -0.2) is 27.3 Å². The molecule has 1 aliphatic heterocycles. The number of aryl methyl sites for hydroxylation is 1. The van der Waals surface area contributed by atoms with Gasteiger partial charge in [-0.25, -0.2) is 4.98 Å².